The van der Waals surface area contributed by atoms with E-state index >= 15 is 0 Å². The number of nitrogens with one attached hydrogen (secondary N) is 2. The summed E-state index contributed by atoms with van der Waals surface area (Å²) in [4.78, 5) is 22.8. The number of rotatable bonds is 4. The van der Waals surface area contributed by atoms with Gasteiger partial charge in [0.15, 0.2) is 0 Å². The van der Waals surface area contributed by atoms with E-state index < -0.39 is 0 Å². The fourth-order valence-electron chi connectivity index (χ4n) is 3.19. The van der Waals surface area contributed by atoms with Crippen LogP contribution in [-0.2, 0) is 19.9 Å². The van der Waals surface area contributed by atoms with Crippen molar-refractivity contribution in [1.82, 2.24) is 25.1 Å². The van der Waals surface area contributed by atoms with Gasteiger partial charge in [-0.1, -0.05) is 6.07 Å². The molecule has 0 aromatic carbocycles. The van der Waals surface area contributed by atoms with E-state index in [0.717, 1.165) is 23.5 Å². The van der Waals surface area contributed by atoms with Gasteiger partial charge in [0, 0.05) is 24.2 Å². The first-order chi connectivity index (χ1) is 13.1. The third-order valence-electron chi connectivity index (χ3n) is 4.63. The minimum Gasteiger partial charge on any atom is -0.329 e. The van der Waals surface area contributed by atoms with Crippen molar-refractivity contribution in [2.45, 2.75) is 38.6 Å². The molecule has 0 saturated heterocycles. The Bertz CT molecular complexity index is 925. The number of fused-ring (bicyclic) bond motifs is 1. The van der Waals surface area contributed by atoms with Crippen molar-refractivity contribution < 1.29 is 4.79 Å². The second-order valence-corrected chi connectivity index (χ2v) is 7.82. The minimum absolute atomic E-state index is 0.135. The normalized spacial score (nSPS) is 14.4. The molecule has 0 spiro atoms. The summed E-state index contributed by atoms with van der Waals surface area (Å²) in [5.41, 5.74) is 2.69. The topological polar surface area (TPSA) is 84.7 Å². The number of amides is 2. The summed E-state index contributed by atoms with van der Waals surface area (Å²) >= 11 is 1.72. The van der Waals surface area contributed by atoms with Crippen LogP contribution in [-0.4, -0.2) is 25.8 Å². The molecule has 27 heavy (non-hydrogen) atoms. The quantitative estimate of drug-likeness (QED) is 0.720. The van der Waals surface area contributed by atoms with E-state index in [1.807, 2.05) is 31.2 Å². The smallest absolute Gasteiger partial charge is 0.320 e. The standard InChI is InChI=1S/C19H22N6OS/c1-12(18-22-14-8-3-4-9-16(14)27-18)21-19(26)23-17-11-15(24-25(17)2)13-7-5-6-10-20-13/h5-7,10-12H,3-4,8-9H2,1-2H3,(H2,21,23,26). The average molecular weight is 382 g/mol. The predicted molar refractivity (Wildman–Crippen MR) is 106 cm³/mol. The third-order valence-corrected chi connectivity index (χ3v) is 5.97. The second-order valence-electron chi connectivity index (χ2n) is 6.70. The van der Waals surface area contributed by atoms with Crippen LogP contribution in [0.25, 0.3) is 11.4 Å². The van der Waals surface area contributed by atoms with Crippen LogP contribution in [0, 0.1) is 0 Å². The van der Waals surface area contributed by atoms with Crippen LogP contribution in [0.1, 0.15) is 41.4 Å². The van der Waals surface area contributed by atoms with Gasteiger partial charge in [0.1, 0.15) is 16.5 Å². The molecule has 7 nitrogen and oxygen atoms in total. The maximum Gasteiger partial charge on any atom is 0.320 e. The highest BCUT2D eigenvalue weighted by molar-refractivity contribution is 7.11. The lowest BCUT2D eigenvalue weighted by atomic mass is 10.0. The first kappa shape index (κ1) is 17.7. The fraction of sp³-hybridized carbons (Fsp3) is 0.368. The number of carbonyl (C=O) groups excluding carboxylic acids is 1. The number of carbonyl (C=O) groups is 1. The molecule has 8 heteroatoms. The van der Waals surface area contributed by atoms with E-state index in [1.165, 1.54) is 23.4 Å². The molecule has 140 valence electrons. The second kappa shape index (κ2) is 7.48. The highest BCUT2D eigenvalue weighted by atomic mass is 32.1. The van der Waals surface area contributed by atoms with Crippen LogP contribution in [0.5, 0.6) is 0 Å². The van der Waals surface area contributed by atoms with Gasteiger partial charge >= 0.3 is 6.03 Å². The van der Waals surface area contributed by atoms with Gasteiger partial charge in [0.25, 0.3) is 0 Å². The summed E-state index contributed by atoms with van der Waals surface area (Å²) < 4.78 is 1.64. The zero-order valence-electron chi connectivity index (χ0n) is 15.4. The van der Waals surface area contributed by atoms with Crippen molar-refractivity contribution in [3.8, 4) is 11.4 Å². The largest absolute Gasteiger partial charge is 0.329 e. The molecule has 1 aliphatic carbocycles. The Morgan fingerprint density at radius 1 is 1.26 bits per heavy atom. The van der Waals surface area contributed by atoms with Crippen LogP contribution in [0.4, 0.5) is 10.6 Å². The molecular formula is C19H22N6OS. The van der Waals surface area contributed by atoms with Crippen LogP contribution >= 0.6 is 11.3 Å². The van der Waals surface area contributed by atoms with Gasteiger partial charge in [-0.05, 0) is 44.7 Å². The zero-order valence-corrected chi connectivity index (χ0v) is 16.2. The first-order valence-corrected chi connectivity index (χ1v) is 9.93. The number of aryl methyl sites for hydroxylation is 3. The lowest BCUT2D eigenvalue weighted by molar-refractivity contribution is 0.249. The Morgan fingerprint density at radius 3 is 2.89 bits per heavy atom. The van der Waals surface area contributed by atoms with Crippen molar-refractivity contribution >= 4 is 23.2 Å². The molecule has 3 aromatic rings. The molecule has 0 fully saturated rings. The van der Waals surface area contributed by atoms with Crippen molar-refractivity contribution in [2.24, 2.45) is 7.05 Å². The molecule has 2 amide bonds. The average Bonchev–Trinajstić information content (AvgIpc) is 3.26. The van der Waals surface area contributed by atoms with E-state index in [4.69, 9.17) is 4.98 Å². The Hall–Kier alpha value is -2.74. The third kappa shape index (κ3) is 3.85. The molecule has 1 atom stereocenters. The van der Waals surface area contributed by atoms with Crippen molar-refractivity contribution in [3.05, 3.63) is 46.0 Å². The van der Waals surface area contributed by atoms with Crippen molar-refractivity contribution in [3.63, 3.8) is 0 Å². The highest BCUT2D eigenvalue weighted by Crippen LogP contribution is 2.29. The molecule has 3 heterocycles. The molecule has 1 unspecified atom stereocenters. The Morgan fingerprint density at radius 2 is 2.11 bits per heavy atom. The maximum atomic E-state index is 12.4. The first-order valence-electron chi connectivity index (χ1n) is 9.11. The van der Waals surface area contributed by atoms with Gasteiger partial charge in [0.05, 0.1) is 17.4 Å². The molecule has 0 radical (unpaired) electrons. The highest BCUT2D eigenvalue weighted by Gasteiger charge is 2.20. The van der Waals surface area contributed by atoms with E-state index in [0.29, 0.717) is 11.5 Å². The monoisotopic (exact) mass is 382 g/mol. The number of aromatic nitrogens is 4. The zero-order chi connectivity index (χ0) is 18.8. The lowest BCUT2D eigenvalue weighted by Gasteiger charge is -2.12. The Balaban J connectivity index is 1.42. The van der Waals surface area contributed by atoms with Gasteiger partial charge < -0.3 is 5.32 Å². The van der Waals surface area contributed by atoms with Crippen LogP contribution in [0.2, 0.25) is 0 Å². The molecule has 2 N–H and O–H groups in total. The van der Waals surface area contributed by atoms with Crippen molar-refractivity contribution in [1.29, 1.82) is 0 Å². The minimum atomic E-state index is -0.272. The number of nitrogens with zero attached hydrogens (tertiary/aromatic N) is 4. The molecule has 3 aromatic heterocycles. The maximum absolute atomic E-state index is 12.4. The summed E-state index contributed by atoms with van der Waals surface area (Å²) in [5, 5.41) is 11.2. The van der Waals surface area contributed by atoms with Crippen LogP contribution < -0.4 is 10.6 Å². The van der Waals surface area contributed by atoms with E-state index in [-0.39, 0.29) is 12.1 Å². The summed E-state index contributed by atoms with van der Waals surface area (Å²) in [6.07, 6.45) is 6.32. The number of hydrogen-bond acceptors (Lipinski definition) is 5. The molecule has 4 rings (SSSR count). The van der Waals surface area contributed by atoms with Gasteiger partial charge in [-0.2, -0.15) is 5.10 Å². The van der Waals surface area contributed by atoms with E-state index in [9.17, 15) is 4.79 Å². The molecular weight excluding hydrogens is 360 g/mol. The summed E-state index contributed by atoms with van der Waals surface area (Å²) in [6, 6.07) is 7.06. The molecule has 0 saturated carbocycles. The van der Waals surface area contributed by atoms with E-state index in [1.54, 1.807) is 29.3 Å². The summed E-state index contributed by atoms with van der Waals surface area (Å²) in [5.74, 6) is 0.610. The number of pyridine rings is 1. The van der Waals surface area contributed by atoms with E-state index in [2.05, 4.69) is 20.7 Å². The number of hydrogen-bond donors (Lipinski definition) is 2. The van der Waals surface area contributed by atoms with Crippen LogP contribution in [0.15, 0.2) is 30.5 Å². The SMILES string of the molecule is CC(NC(=O)Nc1cc(-c2ccccn2)nn1C)c1nc2c(s1)CCCC2. The van der Waals surface area contributed by atoms with Gasteiger partial charge in [-0.15, -0.1) is 11.3 Å². The summed E-state index contributed by atoms with van der Waals surface area (Å²) in [6.45, 7) is 1.96. The molecule has 1 aliphatic rings. The fourth-order valence-corrected chi connectivity index (χ4v) is 4.35. The lowest BCUT2D eigenvalue weighted by Crippen LogP contribution is -2.31. The van der Waals surface area contributed by atoms with Gasteiger partial charge in [0.2, 0.25) is 0 Å². The summed E-state index contributed by atoms with van der Waals surface area (Å²) in [7, 11) is 1.79. The van der Waals surface area contributed by atoms with Gasteiger partial charge in [-0.3, -0.25) is 15.0 Å². The van der Waals surface area contributed by atoms with Crippen molar-refractivity contribution in [2.75, 3.05) is 5.32 Å². The number of urea groups is 1. The predicted octanol–water partition coefficient (Wildman–Crippen LogP) is 3.70. The molecule has 0 aliphatic heterocycles. The Kier molecular flexibility index (Phi) is 4.89. The number of anilines is 1. The molecule has 0 bridgehead atoms. The van der Waals surface area contributed by atoms with Gasteiger partial charge in [-0.25, -0.2) is 9.78 Å². The number of thiazole rings is 1. The Labute approximate surface area is 161 Å². The van der Waals surface area contributed by atoms with Crippen LogP contribution in [0.3, 0.4) is 0 Å².